The molecule has 0 saturated carbocycles. The van der Waals surface area contributed by atoms with Gasteiger partial charge in [0.15, 0.2) is 17.7 Å². The van der Waals surface area contributed by atoms with Gasteiger partial charge in [0.2, 0.25) is 6.33 Å². The molecule has 0 aliphatic heterocycles. The molecule has 20 nitrogen and oxygen atoms in total. The first-order valence-corrected chi connectivity index (χ1v) is 40.4. The maximum Gasteiger partial charge on any atom is 0.306 e. The Hall–Kier alpha value is -9.92. The number of H-pyrrole nitrogens is 1. The van der Waals surface area contributed by atoms with E-state index in [9.17, 15) is 43.5 Å². The highest BCUT2D eigenvalue weighted by Crippen LogP contribution is 2.44. The minimum Gasteiger partial charge on any atom is -0.550 e. The van der Waals surface area contributed by atoms with Crippen LogP contribution in [0, 0.1) is 0 Å². The first kappa shape index (κ1) is 95.5. The number of unbranched alkanes of at least 4 members (excludes halogenated alkanes) is 16. The van der Waals surface area contributed by atoms with Gasteiger partial charge in [-0.05, 0) is 55.4 Å². The normalized spacial score (nSPS) is 10.9. The summed E-state index contributed by atoms with van der Waals surface area (Å²) >= 11 is 13.4. The molecule has 0 atom stereocenters. The third kappa shape index (κ3) is 34.5. The lowest BCUT2D eigenvalue weighted by Gasteiger charge is -2.37. The van der Waals surface area contributed by atoms with Crippen LogP contribution in [-0.4, -0.2) is 106 Å². The van der Waals surface area contributed by atoms with E-state index >= 15 is 0 Å². The first-order chi connectivity index (χ1) is 54.4. The number of halogens is 2. The molecule has 2 aromatic heterocycles. The quantitative estimate of drug-likeness (QED) is 0.0118. The second-order valence-corrected chi connectivity index (χ2v) is 28.0. The molecule has 6 aromatic carbocycles. The van der Waals surface area contributed by atoms with Gasteiger partial charge in [-0.15, -0.1) is 0 Å². The van der Waals surface area contributed by atoms with Crippen molar-refractivity contribution in [1.29, 1.82) is 0 Å². The van der Waals surface area contributed by atoms with Crippen LogP contribution in [-0.2, 0) is 77.9 Å². The van der Waals surface area contributed by atoms with Crippen molar-refractivity contribution in [2.45, 2.75) is 238 Å². The molecule has 0 bridgehead atoms. The van der Waals surface area contributed by atoms with Crippen LogP contribution in [0.1, 0.15) is 248 Å². The number of benzene rings is 6. The average Bonchev–Trinajstić information content (AvgIpc) is 1.68. The van der Waals surface area contributed by atoms with Crippen LogP contribution in [0.5, 0.6) is 0 Å². The Kier molecular flexibility index (Phi) is 47.6. The number of carbonyl (C=O) groups is 8. The molecule has 0 fully saturated rings. The van der Waals surface area contributed by atoms with Crippen molar-refractivity contribution in [2.24, 2.45) is 0 Å². The Labute approximate surface area is 678 Å². The minimum atomic E-state index is -1.36. The topological polar surface area (TPSA) is 273 Å². The summed E-state index contributed by atoms with van der Waals surface area (Å²) in [6.45, 7) is 7.52. The molecular formula is C91H118Cl2N4O16. The van der Waals surface area contributed by atoms with Crippen LogP contribution < -0.4 is 9.67 Å². The zero-order valence-corrected chi connectivity index (χ0v) is 67.1. The van der Waals surface area contributed by atoms with Crippen molar-refractivity contribution >= 4 is 71.0 Å². The summed E-state index contributed by atoms with van der Waals surface area (Å²) in [7, 11) is 0. The molecule has 0 spiro atoms. The SMILES string of the molecule is C.CCCCCCCC(=O)OCC(COC(=O)CCCCCCC)OC(=O)CCC(=O)O.CCCCCCCC(=O)OCC(COC(=O)CCCCCCC)OC(=O)CCC(=O)[O-].Clc1ccccc1C(c1ccccc1)(c1ccccc1)[n+]1cc[nH]c1.Clc1ccccc1C(c1ccccc1)(c1ccccc1)n1ccnc1. The van der Waals surface area contributed by atoms with Crippen molar-refractivity contribution < 1.29 is 81.6 Å². The Morgan fingerprint density at radius 1 is 0.434 bits per heavy atom. The van der Waals surface area contributed by atoms with Crippen LogP contribution in [0.2, 0.25) is 10.0 Å². The number of carboxylic acids is 2. The predicted molar refractivity (Wildman–Crippen MR) is 437 cm³/mol. The molecule has 0 saturated heterocycles. The Balaban J connectivity index is 0.000000317. The summed E-state index contributed by atoms with van der Waals surface area (Å²) < 4.78 is 35.3. The summed E-state index contributed by atoms with van der Waals surface area (Å²) in [4.78, 5) is 99.8. The van der Waals surface area contributed by atoms with Crippen LogP contribution in [0.3, 0.4) is 0 Å². The molecule has 113 heavy (non-hydrogen) atoms. The lowest BCUT2D eigenvalue weighted by atomic mass is 9.76. The van der Waals surface area contributed by atoms with Crippen molar-refractivity contribution in [3.8, 4) is 0 Å². The van der Waals surface area contributed by atoms with Crippen LogP contribution >= 0.6 is 23.2 Å². The number of hydrogen-bond acceptors (Lipinski definition) is 16. The number of carbonyl (C=O) groups excluding carboxylic acids is 7. The van der Waals surface area contributed by atoms with E-state index in [0.29, 0.717) is 0 Å². The van der Waals surface area contributed by atoms with Gasteiger partial charge in [-0.2, -0.15) is 0 Å². The fourth-order valence-corrected chi connectivity index (χ4v) is 13.2. The molecule has 0 radical (unpaired) electrons. The average molecular weight is 1590 g/mol. The maximum absolute atomic E-state index is 11.9. The van der Waals surface area contributed by atoms with E-state index < -0.39 is 77.5 Å². The van der Waals surface area contributed by atoms with E-state index in [4.69, 9.17) is 56.7 Å². The number of esters is 6. The highest BCUT2D eigenvalue weighted by molar-refractivity contribution is 6.32. The highest BCUT2D eigenvalue weighted by atomic mass is 35.5. The highest BCUT2D eigenvalue weighted by Gasteiger charge is 2.44. The molecule has 8 rings (SSSR count). The van der Waals surface area contributed by atoms with Gasteiger partial charge in [-0.1, -0.05) is 319 Å². The van der Waals surface area contributed by atoms with Gasteiger partial charge in [0, 0.05) is 76.3 Å². The number of imidazole rings is 2. The van der Waals surface area contributed by atoms with Gasteiger partial charge in [0.1, 0.15) is 44.4 Å². The fourth-order valence-electron chi connectivity index (χ4n) is 12.7. The number of aliphatic carboxylic acids is 2. The van der Waals surface area contributed by atoms with Crippen molar-refractivity contribution in [1.82, 2.24) is 14.5 Å². The molecule has 22 heteroatoms. The van der Waals surface area contributed by atoms with Gasteiger partial charge >= 0.3 is 41.8 Å². The van der Waals surface area contributed by atoms with Crippen molar-refractivity contribution in [3.63, 3.8) is 0 Å². The van der Waals surface area contributed by atoms with Crippen LogP contribution in [0.25, 0.3) is 0 Å². The fraction of sp³-hybridized carbons (Fsp3) is 0.451. The Morgan fingerprint density at radius 2 is 0.770 bits per heavy atom. The second-order valence-electron chi connectivity index (χ2n) is 27.2. The summed E-state index contributed by atoms with van der Waals surface area (Å²) in [5.74, 6) is -5.60. The van der Waals surface area contributed by atoms with Crippen LogP contribution in [0.4, 0.5) is 0 Å². The summed E-state index contributed by atoms with van der Waals surface area (Å²) in [6, 6.07) is 57.8. The number of rotatable bonds is 48. The smallest absolute Gasteiger partial charge is 0.306 e. The van der Waals surface area contributed by atoms with E-state index in [2.05, 4.69) is 156 Å². The zero-order chi connectivity index (χ0) is 80.9. The van der Waals surface area contributed by atoms with Gasteiger partial charge < -0.3 is 48.0 Å². The number of aromatic nitrogens is 4. The summed E-state index contributed by atoms with van der Waals surface area (Å²) in [5.41, 5.74) is 5.49. The predicted octanol–water partition coefficient (Wildman–Crippen LogP) is 18.6. The van der Waals surface area contributed by atoms with Gasteiger partial charge in [-0.25, -0.2) is 9.55 Å². The molecule has 612 valence electrons. The van der Waals surface area contributed by atoms with Crippen molar-refractivity contribution in [2.75, 3.05) is 26.4 Å². The molecule has 2 heterocycles. The summed E-state index contributed by atoms with van der Waals surface area (Å²) in [6.07, 6.45) is 29.2. The Bertz CT molecular complexity index is 3550. The molecule has 0 aliphatic carbocycles. The van der Waals surface area contributed by atoms with E-state index in [1.54, 1.807) is 6.20 Å². The number of carboxylic acid groups (broad SMARTS) is 2. The van der Waals surface area contributed by atoms with E-state index in [-0.39, 0.29) is 78.8 Å². The van der Waals surface area contributed by atoms with E-state index in [1.165, 1.54) is 0 Å². The minimum absolute atomic E-state index is 0. The molecular weight excluding hydrogens is 1480 g/mol. The largest absolute Gasteiger partial charge is 0.550 e. The lowest BCUT2D eigenvalue weighted by molar-refractivity contribution is -0.733. The monoisotopic (exact) mass is 1590 g/mol. The Morgan fingerprint density at radius 3 is 1.09 bits per heavy atom. The second kappa shape index (κ2) is 56.3. The summed E-state index contributed by atoms with van der Waals surface area (Å²) in [5, 5.41) is 20.6. The number of hydrogen-bond donors (Lipinski definition) is 2. The zero-order valence-electron chi connectivity index (χ0n) is 65.6. The third-order valence-corrected chi connectivity index (χ3v) is 19.1. The number of nitrogens with one attached hydrogen (secondary N) is 1. The number of ether oxygens (including phenoxy) is 6. The van der Waals surface area contributed by atoms with Crippen molar-refractivity contribution in [3.05, 3.63) is 251 Å². The molecule has 8 aromatic rings. The van der Waals surface area contributed by atoms with Gasteiger partial charge in [-0.3, -0.25) is 38.5 Å². The molecule has 2 N–H and O–H groups in total. The standard InChI is InChI=1S/2C23H40O8.2C22H17ClN2.CH4/c2*1-3-5-7-9-11-13-21(26)29-17-19(31-23(28)16-15-20(24)25)18-30-22(27)14-12-10-8-6-4-2;2*23-21-14-8-7-13-20(21)22(25-16-15-24-17-25,18-9-3-1-4-10-18)19-11-5-2-6-12-19;/h2*19H,3-18H2,1-2H3,(H,24,25);2*1-17H;1H4. The molecule has 0 unspecified atom stereocenters. The van der Waals surface area contributed by atoms with Gasteiger partial charge in [0.25, 0.3) is 0 Å². The molecule has 0 amide bonds. The third-order valence-electron chi connectivity index (χ3n) is 18.4. The number of nitrogens with zero attached hydrogens (tertiary/aromatic N) is 3. The molecule has 0 aliphatic rings. The van der Waals surface area contributed by atoms with E-state index in [1.807, 2.05) is 91.9 Å². The van der Waals surface area contributed by atoms with Gasteiger partial charge in [0.05, 0.1) is 25.6 Å². The maximum atomic E-state index is 11.9. The first-order valence-electron chi connectivity index (χ1n) is 39.6. The van der Waals surface area contributed by atoms with E-state index in [0.717, 1.165) is 172 Å². The van der Waals surface area contributed by atoms with Crippen LogP contribution in [0.15, 0.2) is 207 Å². The lowest BCUT2D eigenvalue weighted by Crippen LogP contribution is -2.57. The number of aromatic amines is 1.